The minimum Gasteiger partial charge on any atom is -0.399 e. The van der Waals surface area contributed by atoms with Gasteiger partial charge in [-0.3, -0.25) is 0 Å². The van der Waals surface area contributed by atoms with Gasteiger partial charge in [-0.05, 0) is 18.2 Å². The highest BCUT2D eigenvalue weighted by Crippen LogP contribution is 2.24. The van der Waals surface area contributed by atoms with Gasteiger partial charge in [-0.2, -0.15) is 0 Å². The lowest BCUT2D eigenvalue weighted by atomic mass is 10.2. The molecule has 8 heteroatoms. The van der Waals surface area contributed by atoms with Crippen LogP contribution in [0.2, 0.25) is 0 Å². The summed E-state index contributed by atoms with van der Waals surface area (Å²) >= 11 is 0. The van der Waals surface area contributed by atoms with E-state index in [0.717, 1.165) is 0 Å². The second-order valence-corrected chi connectivity index (χ2v) is 6.28. The maximum absolute atomic E-state index is 12.4. The minimum absolute atomic E-state index is 0.221. The van der Waals surface area contributed by atoms with Gasteiger partial charge in [0.2, 0.25) is 0 Å². The van der Waals surface area contributed by atoms with Crippen molar-refractivity contribution in [1.29, 1.82) is 0 Å². The number of hydrazine groups is 1. The predicted octanol–water partition coefficient (Wildman–Crippen LogP) is 0.276. The topological polar surface area (TPSA) is 100 Å². The van der Waals surface area contributed by atoms with Crippen molar-refractivity contribution < 1.29 is 13.2 Å². The van der Waals surface area contributed by atoms with E-state index in [9.17, 15) is 8.42 Å². The third-order valence-corrected chi connectivity index (χ3v) is 4.63. The number of aromatic nitrogens is 1. The van der Waals surface area contributed by atoms with Gasteiger partial charge in [0.15, 0.2) is 0 Å². The van der Waals surface area contributed by atoms with Gasteiger partial charge < -0.3 is 15.5 Å². The number of aromatic amines is 1. The number of H-pyrrole nitrogens is 1. The van der Waals surface area contributed by atoms with Crippen LogP contribution in [0.3, 0.4) is 0 Å². The van der Waals surface area contributed by atoms with Crippen LogP contribution in [0.25, 0.3) is 10.9 Å². The van der Waals surface area contributed by atoms with E-state index in [0.29, 0.717) is 42.9 Å². The molecule has 2 aromatic rings. The largest absolute Gasteiger partial charge is 0.399 e. The predicted molar refractivity (Wildman–Crippen MR) is 75.4 cm³/mol. The average Bonchev–Trinajstić information content (AvgIpc) is 2.83. The maximum atomic E-state index is 12.4. The lowest BCUT2D eigenvalue weighted by molar-refractivity contribution is 0.0272. The second kappa shape index (κ2) is 5.06. The number of benzene rings is 1. The average molecular weight is 296 g/mol. The zero-order chi connectivity index (χ0) is 14.2. The van der Waals surface area contributed by atoms with Gasteiger partial charge in [0.25, 0.3) is 10.0 Å². The van der Waals surface area contributed by atoms with Crippen LogP contribution >= 0.6 is 0 Å². The van der Waals surface area contributed by atoms with E-state index in [1.807, 2.05) is 0 Å². The Labute approximate surface area is 116 Å². The zero-order valence-corrected chi connectivity index (χ0v) is 11.6. The molecule has 0 radical (unpaired) electrons. The van der Waals surface area contributed by atoms with Gasteiger partial charge in [0, 0.05) is 35.9 Å². The van der Waals surface area contributed by atoms with Gasteiger partial charge >= 0.3 is 0 Å². The highest BCUT2D eigenvalue weighted by Gasteiger charge is 2.23. The summed E-state index contributed by atoms with van der Waals surface area (Å²) in [5.74, 6) is 0. The maximum Gasteiger partial charge on any atom is 0.255 e. The molecule has 0 aliphatic carbocycles. The van der Waals surface area contributed by atoms with E-state index in [2.05, 4.69) is 9.82 Å². The first kappa shape index (κ1) is 13.4. The summed E-state index contributed by atoms with van der Waals surface area (Å²) < 4.78 is 30.0. The van der Waals surface area contributed by atoms with Crippen molar-refractivity contribution in [3.8, 4) is 0 Å². The fourth-order valence-electron chi connectivity index (χ4n) is 2.21. The normalized spacial score (nSPS) is 17.6. The number of rotatable bonds is 3. The Bertz CT molecular complexity index is 719. The van der Waals surface area contributed by atoms with Gasteiger partial charge in [0.05, 0.1) is 13.2 Å². The summed E-state index contributed by atoms with van der Waals surface area (Å²) in [4.78, 5) is 5.73. The third-order valence-electron chi connectivity index (χ3n) is 3.22. The summed E-state index contributed by atoms with van der Waals surface area (Å²) in [5.41, 5.74) is 6.97. The second-order valence-electron chi connectivity index (χ2n) is 4.65. The van der Waals surface area contributed by atoms with Crippen LogP contribution in [0, 0.1) is 0 Å². The van der Waals surface area contributed by atoms with E-state index in [-0.39, 0.29) is 4.90 Å². The quantitative estimate of drug-likeness (QED) is 0.706. The molecule has 1 aliphatic rings. The summed E-state index contributed by atoms with van der Waals surface area (Å²) in [6.45, 7) is 2.11. The van der Waals surface area contributed by atoms with Crippen molar-refractivity contribution >= 4 is 26.6 Å². The molecule has 0 atom stereocenters. The number of hydrogen-bond acceptors (Lipinski definition) is 5. The van der Waals surface area contributed by atoms with E-state index < -0.39 is 10.0 Å². The molecule has 1 aromatic carbocycles. The standard InChI is InChI=1S/C12H16N4O3S/c13-9-1-2-10-11(7-9)14-8-12(10)20(17,18)15-16-3-5-19-6-4-16/h1-2,7-8,14-15H,3-6,13H2. The molecular weight excluding hydrogens is 280 g/mol. The summed E-state index contributed by atoms with van der Waals surface area (Å²) in [7, 11) is -3.61. The van der Waals surface area contributed by atoms with Crippen molar-refractivity contribution in [2.75, 3.05) is 32.0 Å². The van der Waals surface area contributed by atoms with Crippen LogP contribution in [0.1, 0.15) is 0 Å². The summed E-state index contributed by atoms with van der Waals surface area (Å²) in [5, 5.41) is 2.27. The number of hydrogen-bond donors (Lipinski definition) is 3. The monoisotopic (exact) mass is 296 g/mol. The number of fused-ring (bicyclic) bond motifs is 1. The van der Waals surface area contributed by atoms with Crippen LogP contribution in [0.15, 0.2) is 29.3 Å². The Balaban J connectivity index is 1.92. The number of ether oxygens (including phenoxy) is 1. The number of nitrogen functional groups attached to an aromatic ring is 1. The highest BCUT2D eigenvalue weighted by molar-refractivity contribution is 7.89. The Morgan fingerprint density at radius 3 is 2.80 bits per heavy atom. The Hall–Kier alpha value is -1.61. The fourth-order valence-corrected chi connectivity index (χ4v) is 3.52. The van der Waals surface area contributed by atoms with Gasteiger partial charge in [-0.15, -0.1) is 4.83 Å². The number of morpholine rings is 1. The van der Waals surface area contributed by atoms with Crippen molar-refractivity contribution in [3.63, 3.8) is 0 Å². The molecule has 1 saturated heterocycles. The van der Waals surface area contributed by atoms with Crippen LogP contribution in [-0.2, 0) is 14.8 Å². The van der Waals surface area contributed by atoms with E-state index in [1.54, 1.807) is 23.2 Å². The van der Waals surface area contributed by atoms with Crippen LogP contribution in [-0.4, -0.2) is 44.7 Å². The van der Waals surface area contributed by atoms with Crippen LogP contribution < -0.4 is 10.6 Å². The lowest BCUT2D eigenvalue weighted by Gasteiger charge is -2.26. The first-order chi connectivity index (χ1) is 9.56. The minimum atomic E-state index is -3.61. The molecular formula is C12H16N4O3S. The molecule has 108 valence electrons. The first-order valence-electron chi connectivity index (χ1n) is 6.28. The number of nitrogens with two attached hydrogens (primary N) is 1. The third kappa shape index (κ3) is 2.50. The smallest absolute Gasteiger partial charge is 0.255 e. The van der Waals surface area contributed by atoms with E-state index >= 15 is 0 Å². The van der Waals surface area contributed by atoms with Crippen molar-refractivity contribution in [2.24, 2.45) is 0 Å². The molecule has 3 rings (SSSR count). The summed E-state index contributed by atoms with van der Waals surface area (Å²) in [6, 6.07) is 5.10. The molecule has 0 saturated carbocycles. The highest BCUT2D eigenvalue weighted by atomic mass is 32.2. The molecule has 0 bridgehead atoms. The Morgan fingerprint density at radius 1 is 1.30 bits per heavy atom. The molecule has 2 heterocycles. The fraction of sp³-hybridized carbons (Fsp3) is 0.333. The van der Waals surface area contributed by atoms with E-state index in [1.165, 1.54) is 6.20 Å². The van der Waals surface area contributed by atoms with E-state index in [4.69, 9.17) is 10.5 Å². The Kier molecular flexibility index (Phi) is 3.38. The molecule has 20 heavy (non-hydrogen) atoms. The molecule has 0 amide bonds. The van der Waals surface area contributed by atoms with Gasteiger partial charge in [0.1, 0.15) is 4.90 Å². The number of nitrogens with one attached hydrogen (secondary N) is 2. The summed E-state index contributed by atoms with van der Waals surface area (Å²) in [6.07, 6.45) is 1.48. The Morgan fingerprint density at radius 2 is 2.05 bits per heavy atom. The van der Waals surface area contributed by atoms with Crippen molar-refractivity contribution in [3.05, 3.63) is 24.4 Å². The number of sulfonamides is 1. The molecule has 1 aliphatic heterocycles. The number of anilines is 1. The molecule has 0 spiro atoms. The zero-order valence-electron chi connectivity index (χ0n) is 10.8. The molecule has 4 N–H and O–H groups in total. The van der Waals surface area contributed by atoms with Crippen molar-refractivity contribution in [2.45, 2.75) is 4.90 Å². The van der Waals surface area contributed by atoms with Crippen LogP contribution in [0.4, 0.5) is 5.69 Å². The number of nitrogens with zero attached hydrogens (tertiary/aromatic N) is 1. The van der Waals surface area contributed by atoms with Gasteiger partial charge in [-0.1, -0.05) is 0 Å². The molecule has 7 nitrogen and oxygen atoms in total. The van der Waals surface area contributed by atoms with Crippen LogP contribution in [0.5, 0.6) is 0 Å². The van der Waals surface area contributed by atoms with Gasteiger partial charge in [-0.25, -0.2) is 13.4 Å². The first-order valence-corrected chi connectivity index (χ1v) is 7.76. The lowest BCUT2D eigenvalue weighted by Crippen LogP contribution is -2.48. The SMILES string of the molecule is Nc1ccc2c(S(=O)(=O)NN3CCOCC3)c[nH]c2c1. The molecule has 1 aromatic heterocycles. The molecule has 0 unspecified atom stereocenters. The van der Waals surface area contributed by atoms with Crippen molar-refractivity contribution in [1.82, 2.24) is 14.8 Å². The molecule has 1 fully saturated rings.